The van der Waals surface area contributed by atoms with Crippen LogP contribution in [0, 0.1) is 5.95 Å². The van der Waals surface area contributed by atoms with Crippen LogP contribution in [-0.2, 0) is 6.54 Å². The van der Waals surface area contributed by atoms with Crippen molar-refractivity contribution in [3.63, 3.8) is 0 Å². The number of hydrogen-bond donors (Lipinski definition) is 1. The first-order valence-electron chi connectivity index (χ1n) is 5.54. The Labute approximate surface area is 99.5 Å². The van der Waals surface area contributed by atoms with Crippen molar-refractivity contribution in [1.82, 2.24) is 14.5 Å². The molecule has 90 valence electrons. The van der Waals surface area contributed by atoms with Gasteiger partial charge in [-0.3, -0.25) is 0 Å². The minimum absolute atomic E-state index is 0.356. The maximum absolute atomic E-state index is 12.9. The first-order valence-corrected chi connectivity index (χ1v) is 5.54. The van der Waals surface area contributed by atoms with Crippen LogP contribution in [0.1, 0.15) is 25.6 Å². The van der Waals surface area contributed by atoms with E-state index in [9.17, 15) is 4.39 Å². The summed E-state index contributed by atoms with van der Waals surface area (Å²) in [7, 11) is 0. The van der Waals surface area contributed by atoms with Crippen molar-refractivity contribution < 1.29 is 4.39 Å². The number of imidazole rings is 1. The number of aromatic nitrogens is 3. The number of nitrogens with one attached hydrogen (secondary N) is 1. The third kappa shape index (κ3) is 2.81. The Morgan fingerprint density at radius 3 is 2.94 bits per heavy atom. The van der Waals surface area contributed by atoms with Crippen LogP contribution in [0.15, 0.2) is 30.7 Å². The maximum atomic E-state index is 12.9. The highest BCUT2D eigenvalue weighted by molar-refractivity contribution is 5.34. The molecule has 17 heavy (non-hydrogen) atoms. The van der Waals surface area contributed by atoms with Gasteiger partial charge in [0.25, 0.3) is 0 Å². The Balaban J connectivity index is 2.05. The van der Waals surface area contributed by atoms with E-state index in [0.717, 1.165) is 5.69 Å². The lowest BCUT2D eigenvalue weighted by Crippen LogP contribution is -2.09. The minimum Gasteiger partial charge on any atom is -0.364 e. The molecule has 2 heterocycles. The van der Waals surface area contributed by atoms with Gasteiger partial charge in [-0.05, 0) is 26.0 Å². The third-order valence-corrected chi connectivity index (χ3v) is 2.47. The van der Waals surface area contributed by atoms with Gasteiger partial charge in [-0.15, -0.1) is 0 Å². The highest BCUT2D eigenvalue weighted by atomic mass is 19.1. The van der Waals surface area contributed by atoms with Gasteiger partial charge in [0.1, 0.15) is 5.82 Å². The predicted octanol–water partition coefficient (Wildman–Crippen LogP) is 2.61. The zero-order valence-electron chi connectivity index (χ0n) is 9.89. The predicted molar refractivity (Wildman–Crippen MR) is 64.1 cm³/mol. The van der Waals surface area contributed by atoms with E-state index in [2.05, 4.69) is 33.7 Å². The van der Waals surface area contributed by atoms with Crippen LogP contribution >= 0.6 is 0 Å². The van der Waals surface area contributed by atoms with Gasteiger partial charge in [0.05, 0.1) is 18.6 Å². The maximum Gasteiger partial charge on any atom is 0.214 e. The van der Waals surface area contributed by atoms with E-state index < -0.39 is 5.95 Å². The molecule has 2 rings (SSSR count). The molecule has 0 aliphatic rings. The fourth-order valence-corrected chi connectivity index (χ4v) is 1.62. The van der Waals surface area contributed by atoms with Crippen LogP contribution in [0.3, 0.4) is 0 Å². The summed E-state index contributed by atoms with van der Waals surface area (Å²) in [6.45, 7) is 4.76. The van der Waals surface area contributed by atoms with Crippen LogP contribution in [0.25, 0.3) is 0 Å². The molecule has 0 aromatic carbocycles. The summed E-state index contributed by atoms with van der Waals surface area (Å²) in [6, 6.07) is 5.04. The summed E-state index contributed by atoms with van der Waals surface area (Å²) in [6.07, 6.45) is 3.59. The van der Waals surface area contributed by atoms with Crippen molar-refractivity contribution in [3.05, 3.63) is 42.4 Å². The molecule has 5 heteroatoms. The fourth-order valence-electron chi connectivity index (χ4n) is 1.62. The van der Waals surface area contributed by atoms with Crippen molar-refractivity contribution in [1.29, 1.82) is 0 Å². The molecule has 0 fully saturated rings. The monoisotopic (exact) mass is 234 g/mol. The van der Waals surface area contributed by atoms with Crippen LogP contribution in [-0.4, -0.2) is 14.5 Å². The van der Waals surface area contributed by atoms with Gasteiger partial charge < -0.3 is 9.88 Å². The van der Waals surface area contributed by atoms with Gasteiger partial charge in [-0.2, -0.15) is 4.39 Å². The Bertz CT molecular complexity index is 493. The van der Waals surface area contributed by atoms with Crippen molar-refractivity contribution in [2.24, 2.45) is 0 Å². The summed E-state index contributed by atoms with van der Waals surface area (Å²) >= 11 is 0. The summed E-state index contributed by atoms with van der Waals surface area (Å²) in [5, 5.41) is 3.07. The first kappa shape index (κ1) is 11.6. The lowest BCUT2D eigenvalue weighted by molar-refractivity contribution is 0.574. The van der Waals surface area contributed by atoms with Crippen molar-refractivity contribution in [2.45, 2.75) is 26.4 Å². The van der Waals surface area contributed by atoms with Gasteiger partial charge in [-0.25, -0.2) is 9.97 Å². The number of pyridine rings is 1. The summed E-state index contributed by atoms with van der Waals surface area (Å²) in [4.78, 5) is 7.84. The molecule has 0 atom stereocenters. The van der Waals surface area contributed by atoms with Gasteiger partial charge in [0.15, 0.2) is 0 Å². The van der Waals surface area contributed by atoms with Crippen LogP contribution < -0.4 is 5.32 Å². The van der Waals surface area contributed by atoms with E-state index in [0.29, 0.717) is 18.4 Å². The highest BCUT2D eigenvalue weighted by Crippen LogP contribution is 2.11. The van der Waals surface area contributed by atoms with Crippen LogP contribution in [0.5, 0.6) is 0 Å². The second kappa shape index (κ2) is 4.95. The minimum atomic E-state index is -0.479. The Hall–Kier alpha value is -1.91. The quantitative estimate of drug-likeness (QED) is 0.827. The molecule has 1 N–H and O–H groups in total. The molecule has 2 aromatic heterocycles. The Morgan fingerprint density at radius 2 is 2.24 bits per heavy atom. The fraction of sp³-hybridized carbons (Fsp3) is 0.333. The number of anilines is 1. The zero-order chi connectivity index (χ0) is 12.3. The second-order valence-corrected chi connectivity index (χ2v) is 4.09. The lowest BCUT2D eigenvalue weighted by atomic mass is 10.3. The zero-order valence-corrected chi connectivity index (χ0v) is 9.89. The molecule has 4 nitrogen and oxygen atoms in total. The number of rotatable bonds is 4. The van der Waals surface area contributed by atoms with Crippen molar-refractivity contribution in [3.8, 4) is 0 Å². The van der Waals surface area contributed by atoms with Crippen molar-refractivity contribution in [2.75, 3.05) is 5.32 Å². The molecular formula is C12H15FN4. The van der Waals surface area contributed by atoms with E-state index >= 15 is 0 Å². The third-order valence-electron chi connectivity index (χ3n) is 2.47. The normalized spacial score (nSPS) is 10.8. The topological polar surface area (TPSA) is 42.7 Å². The molecule has 0 aliphatic carbocycles. The Kier molecular flexibility index (Phi) is 3.37. The second-order valence-electron chi connectivity index (χ2n) is 4.09. The van der Waals surface area contributed by atoms with Gasteiger partial charge in [0.2, 0.25) is 5.95 Å². The lowest BCUT2D eigenvalue weighted by Gasteiger charge is -2.12. The molecule has 0 amide bonds. The summed E-state index contributed by atoms with van der Waals surface area (Å²) in [5.41, 5.74) is 1.05. The molecule has 0 unspecified atom stereocenters. The smallest absolute Gasteiger partial charge is 0.214 e. The number of halogens is 1. The molecular weight excluding hydrogens is 219 g/mol. The molecule has 0 saturated carbocycles. The highest BCUT2D eigenvalue weighted by Gasteiger charge is 2.05. The molecule has 2 aromatic rings. The van der Waals surface area contributed by atoms with Crippen LogP contribution in [0.4, 0.5) is 10.2 Å². The van der Waals surface area contributed by atoms with Crippen molar-refractivity contribution >= 4 is 5.82 Å². The van der Waals surface area contributed by atoms with E-state index in [4.69, 9.17) is 0 Å². The first-order chi connectivity index (χ1) is 8.16. The Morgan fingerprint density at radius 1 is 1.41 bits per heavy atom. The molecule has 0 aliphatic heterocycles. The van der Waals surface area contributed by atoms with E-state index in [1.165, 1.54) is 6.07 Å². The van der Waals surface area contributed by atoms with E-state index in [1.807, 2.05) is 0 Å². The largest absolute Gasteiger partial charge is 0.364 e. The summed E-state index contributed by atoms with van der Waals surface area (Å²) in [5.74, 6) is 0.0499. The number of hydrogen-bond acceptors (Lipinski definition) is 3. The van der Waals surface area contributed by atoms with E-state index in [-0.39, 0.29) is 0 Å². The van der Waals surface area contributed by atoms with Gasteiger partial charge >= 0.3 is 0 Å². The standard InChI is InChI=1S/C12H15FN4/c1-9(2)17-8-14-6-10(17)7-15-12-5-3-4-11(13)16-12/h3-6,8-9H,7H2,1-2H3,(H,15,16). The molecule has 0 radical (unpaired) electrons. The average Bonchev–Trinajstić information content (AvgIpc) is 2.74. The molecule has 0 spiro atoms. The van der Waals surface area contributed by atoms with E-state index in [1.54, 1.807) is 24.7 Å². The molecule has 0 saturated heterocycles. The SMILES string of the molecule is CC(C)n1cncc1CNc1cccc(F)n1. The van der Waals surface area contributed by atoms with Crippen LogP contribution in [0.2, 0.25) is 0 Å². The average molecular weight is 234 g/mol. The summed E-state index contributed by atoms with van der Waals surface area (Å²) < 4.78 is 14.9. The van der Waals surface area contributed by atoms with Gasteiger partial charge in [0, 0.05) is 12.2 Å². The molecule has 0 bridgehead atoms. The van der Waals surface area contributed by atoms with Gasteiger partial charge in [-0.1, -0.05) is 6.07 Å². The number of nitrogens with zero attached hydrogens (tertiary/aromatic N) is 3.